The van der Waals surface area contributed by atoms with Gasteiger partial charge in [-0.2, -0.15) is 0 Å². The van der Waals surface area contributed by atoms with E-state index < -0.39 is 0 Å². The second-order valence-corrected chi connectivity index (χ2v) is 4.57. The van der Waals surface area contributed by atoms with Crippen molar-refractivity contribution in [3.63, 3.8) is 0 Å². The number of nitrogens with zero attached hydrogens (tertiary/aromatic N) is 2. The van der Waals surface area contributed by atoms with Crippen LogP contribution in [0.3, 0.4) is 0 Å². The van der Waals surface area contributed by atoms with Gasteiger partial charge in [-0.25, -0.2) is 0 Å². The summed E-state index contributed by atoms with van der Waals surface area (Å²) >= 11 is 0. The molecule has 0 aromatic carbocycles. The number of amides is 1. The first-order valence-electron chi connectivity index (χ1n) is 6.63. The van der Waals surface area contributed by atoms with E-state index in [2.05, 4.69) is 11.8 Å². The third kappa shape index (κ3) is 5.31. The standard InChI is InChI=1S/C13H23N2O2/c1-2-3-6-13(17)15-10-8-14(9-11-15)7-4-5-12-16/h2-11H2,1H3. The molecule has 4 heteroatoms. The van der Waals surface area contributed by atoms with Gasteiger partial charge < -0.3 is 4.90 Å². The lowest BCUT2D eigenvalue weighted by atomic mass is 10.2. The van der Waals surface area contributed by atoms with Crippen LogP contribution in [0.15, 0.2) is 0 Å². The van der Waals surface area contributed by atoms with E-state index in [1.807, 2.05) is 11.2 Å². The first-order chi connectivity index (χ1) is 8.27. The number of hydrogen-bond donors (Lipinski definition) is 0. The van der Waals surface area contributed by atoms with Gasteiger partial charge in [0.05, 0.1) is 0 Å². The molecule has 1 rings (SSSR count). The van der Waals surface area contributed by atoms with Crippen LogP contribution in [0.5, 0.6) is 0 Å². The monoisotopic (exact) mass is 239 g/mol. The van der Waals surface area contributed by atoms with E-state index in [0.717, 1.165) is 52.0 Å². The largest absolute Gasteiger partial charge is 0.340 e. The first kappa shape index (κ1) is 14.2. The molecule has 0 unspecified atom stereocenters. The molecule has 1 aliphatic heterocycles. The molecule has 1 saturated heterocycles. The van der Waals surface area contributed by atoms with Gasteiger partial charge >= 0.3 is 0 Å². The molecule has 1 aliphatic rings. The van der Waals surface area contributed by atoms with E-state index in [9.17, 15) is 9.59 Å². The van der Waals surface area contributed by atoms with Crippen molar-refractivity contribution in [3.8, 4) is 0 Å². The zero-order chi connectivity index (χ0) is 12.5. The molecule has 0 saturated carbocycles. The van der Waals surface area contributed by atoms with Gasteiger partial charge in [0.1, 0.15) is 0 Å². The topological polar surface area (TPSA) is 40.6 Å². The van der Waals surface area contributed by atoms with Crippen LogP contribution in [-0.2, 0) is 9.59 Å². The Labute approximate surface area is 104 Å². The summed E-state index contributed by atoms with van der Waals surface area (Å²) in [5.41, 5.74) is 0. The number of unbranched alkanes of at least 4 members (excludes halogenated alkanes) is 2. The van der Waals surface area contributed by atoms with E-state index in [1.165, 1.54) is 0 Å². The Morgan fingerprint density at radius 1 is 1.18 bits per heavy atom. The smallest absolute Gasteiger partial charge is 0.222 e. The summed E-state index contributed by atoms with van der Waals surface area (Å²) in [4.78, 5) is 26.2. The number of hydrogen-bond acceptors (Lipinski definition) is 3. The molecule has 4 nitrogen and oxygen atoms in total. The van der Waals surface area contributed by atoms with Crippen molar-refractivity contribution >= 4 is 12.2 Å². The molecule has 0 aromatic heterocycles. The summed E-state index contributed by atoms with van der Waals surface area (Å²) in [6, 6.07) is 0. The van der Waals surface area contributed by atoms with Crippen molar-refractivity contribution in [1.82, 2.24) is 9.80 Å². The normalized spacial score (nSPS) is 17.1. The van der Waals surface area contributed by atoms with Gasteiger partial charge in [0.2, 0.25) is 5.91 Å². The Bertz CT molecular complexity index is 236. The Kier molecular flexibility index (Phi) is 6.86. The molecule has 0 aromatic rings. The second-order valence-electron chi connectivity index (χ2n) is 4.57. The molecular formula is C13H23N2O2. The second kappa shape index (κ2) is 8.23. The third-order valence-corrected chi connectivity index (χ3v) is 3.22. The van der Waals surface area contributed by atoms with Crippen LogP contribution in [0.4, 0.5) is 0 Å². The Hall–Kier alpha value is -0.900. The Morgan fingerprint density at radius 2 is 1.88 bits per heavy atom. The van der Waals surface area contributed by atoms with E-state index >= 15 is 0 Å². The number of rotatable bonds is 7. The molecule has 0 aliphatic carbocycles. The zero-order valence-corrected chi connectivity index (χ0v) is 10.8. The van der Waals surface area contributed by atoms with E-state index in [0.29, 0.717) is 18.7 Å². The van der Waals surface area contributed by atoms with Crippen LogP contribution in [0.25, 0.3) is 0 Å². The first-order valence-corrected chi connectivity index (χ1v) is 6.63. The van der Waals surface area contributed by atoms with Crippen LogP contribution in [-0.4, -0.2) is 54.7 Å². The number of piperazine rings is 1. The highest BCUT2D eigenvalue weighted by atomic mass is 16.2. The van der Waals surface area contributed by atoms with Gasteiger partial charge in [-0.15, -0.1) is 0 Å². The predicted molar refractivity (Wildman–Crippen MR) is 67.5 cm³/mol. The zero-order valence-electron chi connectivity index (χ0n) is 10.8. The van der Waals surface area contributed by atoms with Crippen LogP contribution >= 0.6 is 0 Å². The van der Waals surface area contributed by atoms with Crippen LogP contribution in [0, 0.1) is 0 Å². The highest BCUT2D eigenvalue weighted by Crippen LogP contribution is 2.06. The SMILES string of the molecule is CCCCC(=O)N1CCN(CCC[C]=O)CC1. The molecule has 1 amide bonds. The van der Waals surface area contributed by atoms with Gasteiger partial charge in [0, 0.05) is 39.0 Å². The fourth-order valence-electron chi connectivity index (χ4n) is 2.08. The molecular weight excluding hydrogens is 216 g/mol. The molecule has 0 bridgehead atoms. The van der Waals surface area contributed by atoms with Crippen molar-refractivity contribution in [2.45, 2.75) is 39.0 Å². The maximum Gasteiger partial charge on any atom is 0.222 e. The minimum atomic E-state index is 0.299. The van der Waals surface area contributed by atoms with Crippen molar-refractivity contribution in [1.29, 1.82) is 0 Å². The van der Waals surface area contributed by atoms with Crippen molar-refractivity contribution in [2.75, 3.05) is 32.7 Å². The summed E-state index contributed by atoms with van der Waals surface area (Å²) in [6.07, 6.45) is 6.08. The molecule has 1 fully saturated rings. The fraction of sp³-hybridized carbons (Fsp3) is 0.846. The predicted octanol–water partition coefficient (Wildman–Crippen LogP) is 1.21. The average molecular weight is 239 g/mol. The Balaban J connectivity index is 2.16. The summed E-state index contributed by atoms with van der Waals surface area (Å²) in [6.45, 7) is 6.62. The van der Waals surface area contributed by atoms with E-state index in [1.54, 1.807) is 0 Å². The maximum atomic E-state index is 11.8. The van der Waals surface area contributed by atoms with Gasteiger partial charge in [0.15, 0.2) is 6.29 Å². The molecule has 0 spiro atoms. The van der Waals surface area contributed by atoms with Gasteiger partial charge in [0.25, 0.3) is 0 Å². The summed E-state index contributed by atoms with van der Waals surface area (Å²) < 4.78 is 0. The highest BCUT2D eigenvalue weighted by Gasteiger charge is 2.19. The lowest BCUT2D eigenvalue weighted by molar-refractivity contribution is -0.133. The van der Waals surface area contributed by atoms with E-state index in [4.69, 9.17) is 0 Å². The summed E-state index contributed by atoms with van der Waals surface area (Å²) in [7, 11) is 0. The Morgan fingerprint density at radius 3 is 2.47 bits per heavy atom. The van der Waals surface area contributed by atoms with Crippen molar-refractivity contribution in [3.05, 3.63) is 0 Å². The maximum absolute atomic E-state index is 11.8. The van der Waals surface area contributed by atoms with Crippen molar-refractivity contribution in [2.24, 2.45) is 0 Å². The highest BCUT2D eigenvalue weighted by molar-refractivity contribution is 5.76. The lowest BCUT2D eigenvalue weighted by Gasteiger charge is -2.34. The van der Waals surface area contributed by atoms with Crippen molar-refractivity contribution < 1.29 is 9.59 Å². The molecule has 0 atom stereocenters. The van der Waals surface area contributed by atoms with E-state index in [-0.39, 0.29) is 0 Å². The van der Waals surface area contributed by atoms with Crippen LogP contribution in [0.2, 0.25) is 0 Å². The number of carbonyl (C=O) groups excluding carboxylic acids is 2. The average Bonchev–Trinajstić information content (AvgIpc) is 2.37. The minimum Gasteiger partial charge on any atom is -0.340 e. The third-order valence-electron chi connectivity index (χ3n) is 3.22. The fourth-order valence-corrected chi connectivity index (χ4v) is 2.08. The molecule has 0 N–H and O–H groups in total. The quantitative estimate of drug-likeness (QED) is 0.627. The molecule has 17 heavy (non-hydrogen) atoms. The lowest BCUT2D eigenvalue weighted by Crippen LogP contribution is -2.48. The minimum absolute atomic E-state index is 0.299. The van der Waals surface area contributed by atoms with Gasteiger partial charge in [-0.1, -0.05) is 13.3 Å². The summed E-state index contributed by atoms with van der Waals surface area (Å²) in [5, 5.41) is 0. The van der Waals surface area contributed by atoms with Gasteiger partial charge in [-0.05, 0) is 19.4 Å². The summed E-state index contributed by atoms with van der Waals surface area (Å²) in [5.74, 6) is 0.299. The number of carbonyl (C=O) groups is 1. The molecule has 1 radical (unpaired) electrons. The van der Waals surface area contributed by atoms with Crippen LogP contribution < -0.4 is 0 Å². The molecule has 1 heterocycles. The van der Waals surface area contributed by atoms with Gasteiger partial charge in [-0.3, -0.25) is 14.5 Å². The van der Waals surface area contributed by atoms with Crippen LogP contribution in [0.1, 0.15) is 39.0 Å². The molecule has 97 valence electrons.